The lowest BCUT2D eigenvalue weighted by Gasteiger charge is -2.42. The van der Waals surface area contributed by atoms with Crippen molar-refractivity contribution in [1.82, 2.24) is 4.90 Å². The third-order valence-electron chi connectivity index (χ3n) is 9.54. The van der Waals surface area contributed by atoms with Crippen LogP contribution in [0.1, 0.15) is 61.1 Å². The monoisotopic (exact) mass is 697 g/mol. The van der Waals surface area contributed by atoms with Crippen LogP contribution in [-0.2, 0) is 36.9 Å². The molecule has 0 aliphatic carbocycles. The van der Waals surface area contributed by atoms with Gasteiger partial charge in [0.2, 0.25) is 0 Å². The fourth-order valence-electron chi connectivity index (χ4n) is 6.80. The fraction of sp³-hybridized carbons (Fsp3) is 0.452. The van der Waals surface area contributed by atoms with E-state index in [0.29, 0.717) is 39.6 Å². The van der Waals surface area contributed by atoms with Crippen molar-refractivity contribution in [1.29, 1.82) is 0 Å². The van der Waals surface area contributed by atoms with Crippen LogP contribution < -0.4 is 4.74 Å². The van der Waals surface area contributed by atoms with E-state index in [1.165, 1.54) is 10.3 Å². The van der Waals surface area contributed by atoms with Gasteiger partial charge in [0.25, 0.3) is 0 Å². The number of carboxylic acid groups (broad SMARTS) is 1. The molecule has 0 aromatic heterocycles. The van der Waals surface area contributed by atoms with Crippen molar-refractivity contribution < 1.29 is 38.3 Å². The van der Waals surface area contributed by atoms with Gasteiger partial charge in [-0.2, -0.15) is 0 Å². The number of hydrogen-bond donors (Lipinski definition) is 1. The summed E-state index contributed by atoms with van der Waals surface area (Å²) in [5.41, 5.74) is 3.23. The number of likely N-dealkylation sites (tertiary alicyclic amines) is 1. The van der Waals surface area contributed by atoms with Crippen LogP contribution in [-0.4, -0.2) is 80.7 Å². The van der Waals surface area contributed by atoms with Gasteiger partial charge in [0.05, 0.1) is 51.7 Å². The minimum Gasteiger partial charge on any atom is -0.494 e. The molecule has 1 amide bonds. The number of amides is 1. The molecule has 4 aromatic carbocycles. The molecule has 2 aliphatic heterocycles. The molecule has 6 rings (SSSR count). The summed E-state index contributed by atoms with van der Waals surface area (Å²) in [7, 11) is 0. The van der Waals surface area contributed by atoms with Gasteiger partial charge < -0.3 is 38.4 Å². The number of piperidine rings is 1. The minimum atomic E-state index is -0.973. The average molecular weight is 698 g/mol. The number of fused-ring (bicyclic) bond motifs is 1. The molecule has 1 N–H and O–H groups in total. The third-order valence-corrected chi connectivity index (χ3v) is 9.54. The van der Waals surface area contributed by atoms with Gasteiger partial charge in [-0.05, 0) is 77.8 Å². The van der Waals surface area contributed by atoms with Crippen LogP contribution in [0.2, 0.25) is 0 Å². The molecule has 2 saturated heterocycles. The van der Waals surface area contributed by atoms with Crippen LogP contribution in [0.15, 0.2) is 97.1 Å². The molecule has 2 fully saturated rings. The van der Waals surface area contributed by atoms with E-state index in [0.717, 1.165) is 73.0 Å². The number of benzene rings is 4. The molecule has 272 valence electrons. The Labute approximate surface area is 301 Å². The van der Waals surface area contributed by atoms with Gasteiger partial charge in [0.1, 0.15) is 5.75 Å². The fourth-order valence-corrected chi connectivity index (χ4v) is 6.80. The summed E-state index contributed by atoms with van der Waals surface area (Å²) in [4.78, 5) is 13.7. The van der Waals surface area contributed by atoms with E-state index in [4.69, 9.17) is 28.4 Å². The number of carbonyl (C=O) groups is 1. The molecule has 9 heteroatoms. The Hall–Kier alpha value is -3.99. The molecule has 51 heavy (non-hydrogen) atoms. The van der Waals surface area contributed by atoms with Crippen LogP contribution >= 0.6 is 0 Å². The first-order valence-electron chi connectivity index (χ1n) is 18.4. The quantitative estimate of drug-likeness (QED) is 0.104. The van der Waals surface area contributed by atoms with E-state index < -0.39 is 12.2 Å². The molecule has 4 aromatic rings. The van der Waals surface area contributed by atoms with Crippen LogP contribution in [0, 0.1) is 0 Å². The topological polar surface area (TPSA) is 95.9 Å². The lowest BCUT2D eigenvalue weighted by atomic mass is 9.84. The predicted octanol–water partition coefficient (Wildman–Crippen LogP) is 8.20. The molecule has 0 spiro atoms. The van der Waals surface area contributed by atoms with Crippen LogP contribution in [0.3, 0.4) is 0 Å². The second kappa shape index (κ2) is 19.6. The maximum atomic E-state index is 12.3. The van der Waals surface area contributed by atoms with E-state index in [1.807, 2.05) is 42.5 Å². The summed E-state index contributed by atoms with van der Waals surface area (Å²) >= 11 is 0. The van der Waals surface area contributed by atoms with Gasteiger partial charge >= 0.3 is 6.09 Å². The third kappa shape index (κ3) is 11.2. The first kappa shape index (κ1) is 36.8. The normalized spacial score (nSPS) is 20.7. The van der Waals surface area contributed by atoms with E-state index in [-0.39, 0.29) is 31.4 Å². The Morgan fingerprint density at radius 2 is 1.45 bits per heavy atom. The van der Waals surface area contributed by atoms with Crippen LogP contribution in [0.4, 0.5) is 4.79 Å². The standard InChI is InChI=1S/C42H51NO8/c44-42(45)43-28-38(48-23-8-9-25-50-40-15-6-7-24-49-40)41(39(29-43)51-31-33-16-17-34-13-4-5-14-36(34)27-33)35-18-20-37(21-19-35)47-26-10-22-46-30-32-11-2-1-3-12-32/h1-5,11-14,16-21,27,38-41H,6-10,15,22-26,28-31H2,(H,44,45). The van der Waals surface area contributed by atoms with Crippen molar-refractivity contribution in [3.8, 4) is 5.75 Å². The Bertz CT molecular complexity index is 1610. The minimum absolute atomic E-state index is 0.105. The predicted molar refractivity (Wildman–Crippen MR) is 196 cm³/mol. The Balaban J connectivity index is 1.08. The van der Waals surface area contributed by atoms with E-state index in [9.17, 15) is 9.90 Å². The molecule has 4 unspecified atom stereocenters. The highest BCUT2D eigenvalue weighted by Gasteiger charge is 2.41. The summed E-state index contributed by atoms with van der Waals surface area (Å²) in [6, 6.07) is 32.8. The van der Waals surface area contributed by atoms with Crippen molar-refractivity contribution in [2.45, 2.75) is 76.2 Å². The zero-order chi connectivity index (χ0) is 35.1. The summed E-state index contributed by atoms with van der Waals surface area (Å²) in [6.45, 7) is 4.50. The molecule has 4 atom stereocenters. The van der Waals surface area contributed by atoms with Crippen LogP contribution in [0.25, 0.3) is 10.8 Å². The van der Waals surface area contributed by atoms with Crippen LogP contribution in [0.5, 0.6) is 5.75 Å². The van der Waals surface area contributed by atoms with E-state index in [1.54, 1.807) is 0 Å². The van der Waals surface area contributed by atoms with Crippen molar-refractivity contribution in [3.63, 3.8) is 0 Å². The molecule has 9 nitrogen and oxygen atoms in total. The van der Waals surface area contributed by atoms with E-state index in [2.05, 4.69) is 54.6 Å². The number of rotatable bonds is 18. The maximum absolute atomic E-state index is 12.3. The molecule has 0 bridgehead atoms. The second-order valence-electron chi connectivity index (χ2n) is 13.3. The Morgan fingerprint density at radius 1 is 0.706 bits per heavy atom. The number of nitrogens with zero attached hydrogens (tertiary/aromatic N) is 1. The SMILES string of the molecule is O=C(O)N1CC(OCCCCOC2CCCCO2)C(c2ccc(OCCCOCc3ccccc3)cc2)C(OCc2ccc3ccccc3c2)C1. The van der Waals surface area contributed by atoms with Gasteiger partial charge in [-0.3, -0.25) is 0 Å². The number of ether oxygens (including phenoxy) is 6. The summed E-state index contributed by atoms with van der Waals surface area (Å²) in [5.74, 6) is 0.603. The second-order valence-corrected chi connectivity index (χ2v) is 13.3. The van der Waals surface area contributed by atoms with Crippen molar-refractivity contribution in [2.75, 3.05) is 46.1 Å². The average Bonchev–Trinajstić information content (AvgIpc) is 3.17. The highest BCUT2D eigenvalue weighted by molar-refractivity contribution is 5.82. The van der Waals surface area contributed by atoms with Crippen molar-refractivity contribution in [2.24, 2.45) is 0 Å². The summed E-state index contributed by atoms with van der Waals surface area (Å²) in [6.07, 6.45) is 3.72. The molecule has 0 saturated carbocycles. The largest absolute Gasteiger partial charge is 0.494 e. The molecular weight excluding hydrogens is 646 g/mol. The molecule has 0 radical (unpaired) electrons. The molecule has 2 heterocycles. The van der Waals surface area contributed by atoms with E-state index >= 15 is 0 Å². The van der Waals surface area contributed by atoms with Gasteiger partial charge in [-0.25, -0.2) is 4.79 Å². The number of unbranched alkanes of at least 4 members (excludes halogenated alkanes) is 1. The van der Waals surface area contributed by atoms with Gasteiger partial charge in [-0.1, -0.05) is 78.9 Å². The maximum Gasteiger partial charge on any atom is 0.407 e. The zero-order valence-electron chi connectivity index (χ0n) is 29.4. The summed E-state index contributed by atoms with van der Waals surface area (Å²) < 4.78 is 36.5. The lowest BCUT2D eigenvalue weighted by Crippen LogP contribution is -2.54. The summed E-state index contributed by atoms with van der Waals surface area (Å²) in [5, 5.41) is 12.4. The highest BCUT2D eigenvalue weighted by Crippen LogP contribution is 2.35. The van der Waals surface area contributed by atoms with Crippen molar-refractivity contribution in [3.05, 3.63) is 114 Å². The first-order chi connectivity index (χ1) is 25.1. The highest BCUT2D eigenvalue weighted by atomic mass is 16.7. The smallest absolute Gasteiger partial charge is 0.407 e. The zero-order valence-corrected chi connectivity index (χ0v) is 29.4. The van der Waals surface area contributed by atoms with Gasteiger partial charge in [0.15, 0.2) is 6.29 Å². The van der Waals surface area contributed by atoms with Gasteiger partial charge in [0, 0.05) is 32.2 Å². The lowest BCUT2D eigenvalue weighted by molar-refractivity contribution is -0.163. The molecular formula is C42H51NO8. The molecule has 2 aliphatic rings. The number of hydrogen-bond acceptors (Lipinski definition) is 7. The van der Waals surface area contributed by atoms with Crippen molar-refractivity contribution >= 4 is 16.9 Å². The Morgan fingerprint density at radius 3 is 2.22 bits per heavy atom. The Kier molecular flexibility index (Phi) is 14.1. The first-order valence-corrected chi connectivity index (χ1v) is 18.4. The van der Waals surface area contributed by atoms with Gasteiger partial charge in [-0.15, -0.1) is 0 Å².